The lowest BCUT2D eigenvalue weighted by molar-refractivity contribution is -0.151. The molecule has 1 fully saturated rings. The van der Waals surface area contributed by atoms with Gasteiger partial charge in [-0.05, 0) is 38.0 Å². The van der Waals surface area contributed by atoms with Crippen molar-refractivity contribution in [1.82, 2.24) is 4.90 Å². The quantitative estimate of drug-likeness (QED) is 0.742. The molecule has 3 rings (SSSR count). The van der Waals surface area contributed by atoms with Gasteiger partial charge in [0.15, 0.2) is 0 Å². The summed E-state index contributed by atoms with van der Waals surface area (Å²) in [6.07, 6.45) is -3.27. The van der Waals surface area contributed by atoms with Gasteiger partial charge in [-0.1, -0.05) is 0 Å². The van der Waals surface area contributed by atoms with Crippen LogP contribution in [-0.2, 0) is 25.3 Å². The van der Waals surface area contributed by atoms with Crippen LogP contribution in [0.1, 0.15) is 31.7 Å². The minimum Gasteiger partial charge on any atom is -0.466 e. The first-order chi connectivity index (χ1) is 13.7. The summed E-state index contributed by atoms with van der Waals surface area (Å²) >= 11 is 1.07. The third-order valence-corrected chi connectivity index (χ3v) is 6.16. The highest BCUT2D eigenvalue weighted by atomic mass is 32.2. The second-order valence-corrected chi connectivity index (χ2v) is 8.18. The Kier molecular flexibility index (Phi) is 6.40. The predicted molar refractivity (Wildman–Crippen MR) is 100 cm³/mol. The van der Waals surface area contributed by atoms with E-state index in [4.69, 9.17) is 4.74 Å². The van der Waals surface area contributed by atoms with Crippen LogP contribution in [0.4, 0.5) is 18.9 Å². The van der Waals surface area contributed by atoms with Gasteiger partial charge in [0.2, 0.25) is 11.8 Å². The summed E-state index contributed by atoms with van der Waals surface area (Å²) in [7, 11) is 0. The average molecular weight is 430 g/mol. The van der Waals surface area contributed by atoms with Gasteiger partial charge in [-0.2, -0.15) is 13.2 Å². The third kappa shape index (κ3) is 5.04. The van der Waals surface area contributed by atoms with Crippen molar-refractivity contribution in [2.75, 3.05) is 25.0 Å². The largest absolute Gasteiger partial charge is 0.466 e. The van der Waals surface area contributed by atoms with Gasteiger partial charge in [0, 0.05) is 24.4 Å². The minimum atomic E-state index is -4.50. The number of halogens is 3. The van der Waals surface area contributed by atoms with Gasteiger partial charge in [-0.3, -0.25) is 14.4 Å². The van der Waals surface area contributed by atoms with Gasteiger partial charge in [0.05, 0.1) is 29.0 Å². The van der Waals surface area contributed by atoms with E-state index in [-0.39, 0.29) is 43.1 Å². The maximum atomic E-state index is 12.8. The molecule has 2 heterocycles. The number of amides is 2. The lowest BCUT2D eigenvalue weighted by Gasteiger charge is -2.33. The molecule has 2 aliphatic rings. The number of rotatable bonds is 4. The van der Waals surface area contributed by atoms with Crippen molar-refractivity contribution >= 4 is 35.2 Å². The maximum absolute atomic E-state index is 12.8. The number of likely N-dealkylation sites (tertiary alicyclic amines) is 1. The molecule has 0 bridgehead atoms. The molecule has 158 valence electrons. The zero-order chi connectivity index (χ0) is 21.2. The van der Waals surface area contributed by atoms with Crippen LogP contribution in [0.15, 0.2) is 23.1 Å². The zero-order valence-electron chi connectivity index (χ0n) is 15.8. The van der Waals surface area contributed by atoms with Gasteiger partial charge >= 0.3 is 12.1 Å². The van der Waals surface area contributed by atoms with Crippen molar-refractivity contribution < 1.29 is 32.3 Å². The normalized spacial score (nSPS) is 21.9. The van der Waals surface area contributed by atoms with E-state index >= 15 is 0 Å². The van der Waals surface area contributed by atoms with Crippen LogP contribution in [0.3, 0.4) is 0 Å². The molecule has 2 aliphatic heterocycles. The molecule has 0 unspecified atom stereocenters. The van der Waals surface area contributed by atoms with Crippen molar-refractivity contribution in [3.63, 3.8) is 0 Å². The van der Waals surface area contributed by atoms with E-state index in [0.717, 1.165) is 23.9 Å². The molecule has 2 atom stereocenters. The molecule has 0 aromatic heterocycles. The lowest BCUT2D eigenvalue weighted by Crippen LogP contribution is -2.44. The highest BCUT2D eigenvalue weighted by molar-refractivity contribution is 8.01. The van der Waals surface area contributed by atoms with E-state index < -0.39 is 22.9 Å². The summed E-state index contributed by atoms with van der Waals surface area (Å²) in [5.41, 5.74) is -0.746. The Morgan fingerprint density at radius 1 is 1.34 bits per heavy atom. The SMILES string of the molecule is CCOC(=O)[C@H]1CCCN(C(=O)C[C@H]2Sc3ccc(C(F)(F)F)cc3NC2=O)C1. The third-order valence-electron chi connectivity index (χ3n) is 4.88. The number of hydrogen-bond donors (Lipinski definition) is 1. The van der Waals surface area contributed by atoms with E-state index in [1.165, 1.54) is 6.07 Å². The number of anilines is 1. The Balaban J connectivity index is 1.64. The van der Waals surface area contributed by atoms with Crippen LogP contribution in [0.2, 0.25) is 0 Å². The fraction of sp³-hybridized carbons (Fsp3) is 0.526. The fourth-order valence-electron chi connectivity index (χ4n) is 3.40. The van der Waals surface area contributed by atoms with Gasteiger partial charge in [-0.25, -0.2) is 0 Å². The molecule has 1 saturated heterocycles. The Morgan fingerprint density at radius 3 is 2.79 bits per heavy atom. The molecule has 10 heteroatoms. The van der Waals surface area contributed by atoms with Crippen molar-refractivity contribution in [3.8, 4) is 0 Å². The van der Waals surface area contributed by atoms with Crippen LogP contribution < -0.4 is 5.32 Å². The van der Waals surface area contributed by atoms with Gasteiger partial charge in [0.1, 0.15) is 0 Å². The molecule has 1 aromatic carbocycles. The van der Waals surface area contributed by atoms with E-state index in [1.54, 1.807) is 11.8 Å². The number of benzene rings is 1. The average Bonchev–Trinajstić information content (AvgIpc) is 2.67. The van der Waals surface area contributed by atoms with Crippen LogP contribution in [0, 0.1) is 5.92 Å². The smallest absolute Gasteiger partial charge is 0.416 e. The highest BCUT2D eigenvalue weighted by Crippen LogP contribution is 2.40. The minimum absolute atomic E-state index is 0.0908. The van der Waals surface area contributed by atoms with Gasteiger partial charge in [-0.15, -0.1) is 11.8 Å². The maximum Gasteiger partial charge on any atom is 0.416 e. The molecule has 0 saturated carbocycles. The van der Waals surface area contributed by atoms with Crippen LogP contribution in [-0.4, -0.2) is 47.6 Å². The van der Waals surface area contributed by atoms with Crippen molar-refractivity contribution in [1.29, 1.82) is 0 Å². The number of nitrogens with one attached hydrogen (secondary N) is 1. The van der Waals surface area contributed by atoms with Gasteiger partial charge in [0.25, 0.3) is 0 Å². The number of alkyl halides is 3. The van der Waals surface area contributed by atoms with Gasteiger partial charge < -0.3 is 15.0 Å². The molecule has 0 spiro atoms. The van der Waals surface area contributed by atoms with Crippen LogP contribution in [0.5, 0.6) is 0 Å². The Morgan fingerprint density at radius 2 is 2.10 bits per heavy atom. The number of ether oxygens (including phenoxy) is 1. The summed E-state index contributed by atoms with van der Waals surface area (Å²) in [5, 5.41) is 1.73. The molecule has 0 aliphatic carbocycles. The summed E-state index contributed by atoms with van der Waals surface area (Å²) in [6.45, 7) is 2.75. The Hall–Kier alpha value is -2.23. The fourth-order valence-corrected chi connectivity index (χ4v) is 4.49. The summed E-state index contributed by atoms with van der Waals surface area (Å²) in [5.74, 6) is -1.47. The topological polar surface area (TPSA) is 75.7 Å². The first kappa shape index (κ1) is 21.5. The Labute approximate surface area is 170 Å². The van der Waals surface area contributed by atoms with Crippen LogP contribution in [0.25, 0.3) is 0 Å². The Bertz CT molecular complexity index is 815. The first-order valence-corrected chi connectivity index (χ1v) is 10.2. The number of hydrogen-bond acceptors (Lipinski definition) is 5. The number of nitrogens with zero attached hydrogens (tertiary/aromatic N) is 1. The van der Waals surface area contributed by atoms with Crippen molar-refractivity contribution in [2.45, 2.75) is 42.5 Å². The predicted octanol–water partition coefficient (Wildman–Crippen LogP) is 3.31. The van der Waals surface area contributed by atoms with E-state index in [0.29, 0.717) is 24.3 Å². The summed E-state index contributed by atoms with van der Waals surface area (Å²) in [4.78, 5) is 39.0. The van der Waals surface area contributed by atoms with Crippen molar-refractivity contribution in [2.24, 2.45) is 5.92 Å². The second kappa shape index (κ2) is 8.64. The number of carbonyl (C=O) groups is 3. The molecule has 29 heavy (non-hydrogen) atoms. The van der Waals surface area contributed by atoms with E-state index in [1.807, 2.05) is 0 Å². The number of thioether (sulfide) groups is 1. The summed E-state index contributed by atoms with van der Waals surface area (Å²) < 4.78 is 43.6. The second-order valence-electron chi connectivity index (χ2n) is 6.94. The lowest BCUT2D eigenvalue weighted by atomic mass is 9.98. The molecule has 0 radical (unpaired) electrons. The molecule has 2 amide bonds. The molecular formula is C19H21F3N2O4S. The van der Waals surface area contributed by atoms with Crippen molar-refractivity contribution in [3.05, 3.63) is 23.8 Å². The van der Waals surface area contributed by atoms with E-state index in [9.17, 15) is 27.6 Å². The zero-order valence-corrected chi connectivity index (χ0v) is 16.6. The number of carbonyl (C=O) groups excluding carboxylic acids is 3. The molecule has 1 N–H and O–H groups in total. The van der Waals surface area contributed by atoms with E-state index in [2.05, 4.69) is 5.32 Å². The molecular weight excluding hydrogens is 409 g/mol. The number of esters is 1. The molecule has 6 nitrogen and oxygen atoms in total. The summed E-state index contributed by atoms with van der Waals surface area (Å²) in [6, 6.07) is 3.15. The number of fused-ring (bicyclic) bond motifs is 1. The first-order valence-electron chi connectivity index (χ1n) is 9.32. The molecule has 1 aromatic rings. The standard InChI is InChI=1S/C19H21F3N2O4S/c1-2-28-18(27)11-4-3-7-24(10-11)16(25)9-15-17(26)23-13-8-12(19(20,21)22)5-6-14(13)29-15/h5-6,8,11,15H,2-4,7,9-10H2,1H3,(H,23,26)/t11-,15+/m0/s1. The highest BCUT2D eigenvalue weighted by Gasteiger charge is 2.36. The van der Waals surface area contributed by atoms with Crippen LogP contribution >= 0.6 is 11.8 Å². The number of piperidine rings is 1. The monoisotopic (exact) mass is 430 g/mol.